The minimum absolute atomic E-state index is 0.0312. The molecule has 53 heavy (non-hydrogen) atoms. The summed E-state index contributed by atoms with van der Waals surface area (Å²) < 4.78 is 39.6. The second-order valence-corrected chi connectivity index (χ2v) is 28.5. The van der Waals surface area contributed by atoms with Crippen molar-refractivity contribution < 1.29 is 27.8 Å². The van der Waals surface area contributed by atoms with Gasteiger partial charge in [0.1, 0.15) is 5.75 Å². The first-order valence-corrected chi connectivity index (χ1v) is 26.0. The van der Waals surface area contributed by atoms with E-state index in [0.29, 0.717) is 19.1 Å². The quantitative estimate of drug-likeness (QED) is 0.0988. The van der Waals surface area contributed by atoms with E-state index in [4.69, 9.17) is 27.8 Å². The van der Waals surface area contributed by atoms with E-state index in [-0.39, 0.29) is 46.7 Å². The van der Waals surface area contributed by atoms with Crippen LogP contribution in [0.4, 0.5) is 0 Å². The highest BCUT2D eigenvalue weighted by molar-refractivity contribution is 6.74. The van der Waals surface area contributed by atoms with Gasteiger partial charge in [-0.15, -0.1) is 6.58 Å². The van der Waals surface area contributed by atoms with Crippen molar-refractivity contribution in [1.82, 2.24) is 0 Å². The van der Waals surface area contributed by atoms with Crippen molar-refractivity contribution in [2.24, 2.45) is 11.8 Å². The van der Waals surface area contributed by atoms with Crippen molar-refractivity contribution >= 4 is 16.6 Å². The summed E-state index contributed by atoms with van der Waals surface area (Å²) in [5.74, 6) is 1.39. The number of hydrogen-bond acceptors (Lipinski definition) is 6. The number of allylic oxidation sites excluding steroid dienone is 1. The fourth-order valence-electron chi connectivity index (χ4n) is 6.48. The highest BCUT2D eigenvalue weighted by atomic mass is 28.4. The summed E-state index contributed by atoms with van der Waals surface area (Å²) in [6.45, 7) is 35.5. The predicted molar refractivity (Wildman–Crippen MR) is 227 cm³/mol. The molecule has 0 amide bonds. The van der Waals surface area contributed by atoms with E-state index in [1.165, 1.54) is 5.57 Å². The molecule has 0 aromatic heterocycles. The molecule has 0 radical (unpaired) electrons. The van der Waals surface area contributed by atoms with Crippen LogP contribution in [0, 0.1) is 11.8 Å². The maximum Gasteiger partial charge on any atom is 0.192 e. The Morgan fingerprint density at radius 2 is 1.43 bits per heavy atom. The molecule has 0 N–H and O–H groups in total. The Kier molecular flexibility index (Phi) is 17.1. The minimum Gasteiger partial charge on any atom is -0.497 e. The van der Waals surface area contributed by atoms with Crippen LogP contribution >= 0.6 is 0 Å². The molecule has 0 unspecified atom stereocenters. The highest BCUT2D eigenvalue weighted by Crippen LogP contribution is 2.41. The van der Waals surface area contributed by atoms with Gasteiger partial charge in [-0.1, -0.05) is 103 Å². The van der Waals surface area contributed by atoms with E-state index in [9.17, 15) is 0 Å². The van der Waals surface area contributed by atoms with Crippen LogP contribution in [-0.4, -0.2) is 54.8 Å². The van der Waals surface area contributed by atoms with Crippen LogP contribution in [0.1, 0.15) is 118 Å². The molecule has 2 aromatic carbocycles. The number of hydrogen-bond donors (Lipinski definition) is 0. The van der Waals surface area contributed by atoms with Gasteiger partial charge >= 0.3 is 0 Å². The molecular weight excluding hydrogens is 693 g/mol. The number of methoxy groups -OCH3 is 1. The Labute approximate surface area is 327 Å². The average Bonchev–Trinajstić information content (AvgIpc) is 3.08. The lowest BCUT2D eigenvalue weighted by Crippen LogP contribution is -2.46. The van der Waals surface area contributed by atoms with Gasteiger partial charge in [0.25, 0.3) is 0 Å². The SMILES string of the molecule is C=C(C)CC[C@H]1C[C@@H](C[C@H](CC[C@@H](C)[C@H](OCc2ccc(OC)cc2)[C@H](C)CO[Si](C)(C)C(C)(C)C)O[Si](C)(C)C(C)(C)C)O[C@@H](c2ccccc2)O1. The standard InChI is InChI=1S/C45H76O6Si2/c1-33(2)21-25-39-29-41(50-43(49-39)37-19-17-16-18-20-37)30-40(51-53(14,15)45(8,9)10)26-22-34(3)42(35(4)31-48-52(12,13)44(5,6)7)47-32-36-23-27-38(46-11)28-24-36/h16-20,23-24,27-28,34-35,39-43H,1,21-22,25-26,29-32H2,2-15H3/t34-,35-,39+,40+,41+,42+,43+/m1/s1. The van der Waals surface area contributed by atoms with E-state index >= 15 is 0 Å². The maximum atomic E-state index is 7.28. The Morgan fingerprint density at radius 3 is 2.00 bits per heavy atom. The first-order valence-electron chi connectivity index (χ1n) is 20.2. The summed E-state index contributed by atoms with van der Waals surface area (Å²) in [5.41, 5.74) is 3.40. The zero-order chi connectivity index (χ0) is 39.6. The summed E-state index contributed by atoms with van der Waals surface area (Å²) >= 11 is 0. The molecule has 1 aliphatic rings. The monoisotopic (exact) mass is 769 g/mol. The summed E-state index contributed by atoms with van der Waals surface area (Å²) in [5, 5.41) is 0.255. The first kappa shape index (κ1) is 45.6. The molecule has 1 saturated heterocycles. The Bertz CT molecular complexity index is 1360. The normalized spacial score (nSPS) is 21.1. The van der Waals surface area contributed by atoms with E-state index in [2.05, 4.69) is 131 Å². The predicted octanol–water partition coefficient (Wildman–Crippen LogP) is 12.7. The van der Waals surface area contributed by atoms with Gasteiger partial charge in [-0.3, -0.25) is 0 Å². The molecule has 0 spiro atoms. The third-order valence-corrected chi connectivity index (χ3v) is 21.1. The van der Waals surface area contributed by atoms with Gasteiger partial charge in [0.05, 0.1) is 32.0 Å². The van der Waals surface area contributed by atoms with Crippen LogP contribution in [0.2, 0.25) is 36.3 Å². The van der Waals surface area contributed by atoms with Crippen LogP contribution in [0.25, 0.3) is 0 Å². The molecule has 8 heteroatoms. The van der Waals surface area contributed by atoms with Gasteiger partial charge in [-0.05, 0) is 98.9 Å². The lowest BCUT2D eigenvalue weighted by atomic mass is 9.88. The number of ether oxygens (including phenoxy) is 4. The zero-order valence-electron chi connectivity index (χ0n) is 36.1. The molecule has 2 aromatic rings. The van der Waals surface area contributed by atoms with E-state index in [0.717, 1.165) is 55.4 Å². The van der Waals surface area contributed by atoms with Crippen molar-refractivity contribution in [1.29, 1.82) is 0 Å². The number of rotatable bonds is 20. The van der Waals surface area contributed by atoms with Crippen LogP contribution in [0.3, 0.4) is 0 Å². The zero-order valence-corrected chi connectivity index (χ0v) is 38.1. The van der Waals surface area contributed by atoms with E-state index in [1.807, 2.05) is 18.2 Å². The molecule has 0 bridgehead atoms. The maximum absolute atomic E-state index is 7.28. The number of benzene rings is 2. The van der Waals surface area contributed by atoms with Crippen molar-refractivity contribution in [3.63, 3.8) is 0 Å². The second kappa shape index (κ2) is 19.9. The third-order valence-electron chi connectivity index (χ3n) is 12.1. The molecule has 7 atom stereocenters. The topological polar surface area (TPSA) is 55.4 Å². The van der Waals surface area contributed by atoms with Gasteiger partial charge in [-0.25, -0.2) is 0 Å². The Morgan fingerprint density at radius 1 is 0.830 bits per heavy atom. The molecular formula is C45H76O6Si2. The van der Waals surface area contributed by atoms with Gasteiger partial charge in [-0.2, -0.15) is 0 Å². The molecule has 1 fully saturated rings. The second-order valence-electron chi connectivity index (χ2n) is 19.0. The lowest BCUT2D eigenvalue weighted by Gasteiger charge is -2.42. The lowest BCUT2D eigenvalue weighted by molar-refractivity contribution is -0.252. The van der Waals surface area contributed by atoms with Gasteiger partial charge in [0.15, 0.2) is 22.9 Å². The molecule has 1 aliphatic heterocycles. The van der Waals surface area contributed by atoms with Crippen molar-refractivity contribution in [2.75, 3.05) is 13.7 Å². The molecule has 0 saturated carbocycles. The first-order chi connectivity index (χ1) is 24.6. The van der Waals surface area contributed by atoms with Crippen LogP contribution < -0.4 is 4.74 Å². The van der Waals surface area contributed by atoms with Gasteiger partial charge in [0, 0.05) is 30.6 Å². The average molecular weight is 769 g/mol. The summed E-state index contributed by atoms with van der Waals surface area (Å²) in [4.78, 5) is 0. The fraction of sp³-hybridized carbons (Fsp3) is 0.689. The Hall–Kier alpha value is -1.79. The summed E-state index contributed by atoms with van der Waals surface area (Å²) in [6.07, 6.45) is 5.41. The minimum atomic E-state index is -2.08. The third kappa shape index (κ3) is 14.3. The van der Waals surface area contributed by atoms with Crippen molar-refractivity contribution in [3.05, 3.63) is 77.9 Å². The van der Waals surface area contributed by atoms with E-state index < -0.39 is 16.6 Å². The molecule has 6 nitrogen and oxygen atoms in total. The molecule has 1 heterocycles. The van der Waals surface area contributed by atoms with Crippen molar-refractivity contribution in [2.45, 2.75) is 174 Å². The molecule has 3 rings (SSSR count). The molecule has 300 valence electrons. The summed E-state index contributed by atoms with van der Waals surface area (Å²) in [7, 11) is -2.29. The van der Waals surface area contributed by atoms with Crippen LogP contribution in [0.5, 0.6) is 5.75 Å². The highest BCUT2D eigenvalue weighted by Gasteiger charge is 2.42. The van der Waals surface area contributed by atoms with Gasteiger partial charge in [0.2, 0.25) is 0 Å². The smallest absolute Gasteiger partial charge is 0.192 e. The molecule has 0 aliphatic carbocycles. The van der Waals surface area contributed by atoms with Gasteiger partial charge < -0.3 is 27.8 Å². The van der Waals surface area contributed by atoms with Crippen LogP contribution in [-0.2, 0) is 29.7 Å². The largest absolute Gasteiger partial charge is 0.497 e. The van der Waals surface area contributed by atoms with Crippen LogP contribution in [0.15, 0.2) is 66.7 Å². The Balaban J connectivity index is 1.84. The van der Waals surface area contributed by atoms with Crippen molar-refractivity contribution in [3.8, 4) is 5.75 Å². The van der Waals surface area contributed by atoms with E-state index in [1.54, 1.807) is 7.11 Å². The summed E-state index contributed by atoms with van der Waals surface area (Å²) in [6, 6.07) is 18.6. The fourth-order valence-corrected chi connectivity index (χ4v) is 8.99.